The van der Waals surface area contributed by atoms with Crippen LogP contribution in [0.5, 0.6) is 0 Å². The van der Waals surface area contributed by atoms with E-state index in [0.717, 1.165) is 24.6 Å². The summed E-state index contributed by atoms with van der Waals surface area (Å²) in [6.45, 7) is 6.60. The van der Waals surface area contributed by atoms with Gasteiger partial charge in [0.2, 0.25) is 0 Å². The fourth-order valence-electron chi connectivity index (χ4n) is 2.61. The third-order valence-corrected chi connectivity index (χ3v) is 3.74. The van der Waals surface area contributed by atoms with Crippen LogP contribution < -0.4 is 4.90 Å². The zero-order chi connectivity index (χ0) is 13.1. The number of carboxylic acids is 1. The molecule has 1 aliphatic heterocycles. The van der Waals surface area contributed by atoms with Gasteiger partial charge < -0.3 is 10.0 Å². The summed E-state index contributed by atoms with van der Waals surface area (Å²) in [6.07, 6.45) is 2.60. The van der Waals surface area contributed by atoms with Crippen molar-refractivity contribution in [2.75, 3.05) is 18.0 Å². The van der Waals surface area contributed by atoms with Crippen molar-refractivity contribution in [2.45, 2.75) is 33.1 Å². The Bertz CT molecular complexity index is 440. The van der Waals surface area contributed by atoms with Gasteiger partial charge >= 0.3 is 5.97 Å². The monoisotopic (exact) mass is 283 g/mol. The minimum absolute atomic E-state index is 0. The standard InChI is InChI=1S/C15H21NO2.ClH/c1-11-5-7-16(8-6-11)14-4-3-13(9-12(14)2)10-15(17)18;/h3-4,9,11H,5-8,10H2,1-2H3,(H,17,18);1H. The number of nitrogens with zero attached hydrogens (tertiary/aromatic N) is 1. The summed E-state index contributed by atoms with van der Waals surface area (Å²) >= 11 is 0. The summed E-state index contributed by atoms with van der Waals surface area (Å²) in [7, 11) is 0. The van der Waals surface area contributed by atoms with Crippen molar-refractivity contribution in [3.05, 3.63) is 29.3 Å². The molecular weight excluding hydrogens is 262 g/mol. The van der Waals surface area contributed by atoms with Crippen LogP contribution in [0.4, 0.5) is 5.69 Å². The van der Waals surface area contributed by atoms with Crippen LogP contribution in [-0.2, 0) is 11.2 Å². The lowest BCUT2D eigenvalue weighted by molar-refractivity contribution is -0.136. The van der Waals surface area contributed by atoms with Crippen LogP contribution in [0.3, 0.4) is 0 Å². The lowest BCUT2D eigenvalue weighted by Gasteiger charge is -2.33. The molecule has 1 saturated heterocycles. The maximum atomic E-state index is 10.7. The molecule has 1 aromatic rings. The minimum atomic E-state index is -0.769. The average Bonchev–Trinajstić information content (AvgIpc) is 2.30. The highest BCUT2D eigenvalue weighted by Gasteiger charge is 2.17. The molecule has 106 valence electrons. The summed E-state index contributed by atoms with van der Waals surface area (Å²) in [4.78, 5) is 13.1. The Labute approximate surface area is 121 Å². The Kier molecular flexibility index (Phi) is 5.67. The lowest BCUT2D eigenvalue weighted by Crippen LogP contribution is -2.33. The predicted molar refractivity (Wildman–Crippen MR) is 80.4 cm³/mol. The SMILES string of the molecule is Cc1cc(CC(=O)O)ccc1N1CCC(C)CC1.Cl. The van der Waals surface area contributed by atoms with E-state index in [1.54, 1.807) is 0 Å². The molecule has 0 aromatic heterocycles. The summed E-state index contributed by atoms with van der Waals surface area (Å²) in [5.74, 6) is 0.0572. The van der Waals surface area contributed by atoms with Crippen molar-refractivity contribution >= 4 is 24.1 Å². The molecule has 0 amide bonds. The van der Waals surface area contributed by atoms with Crippen LogP contribution in [0.2, 0.25) is 0 Å². The number of carboxylic acid groups (broad SMARTS) is 1. The largest absolute Gasteiger partial charge is 0.481 e. The van der Waals surface area contributed by atoms with E-state index in [1.165, 1.54) is 24.1 Å². The molecule has 0 atom stereocenters. The first-order valence-corrected chi connectivity index (χ1v) is 6.62. The molecule has 2 rings (SSSR count). The van der Waals surface area contributed by atoms with E-state index in [-0.39, 0.29) is 18.8 Å². The van der Waals surface area contributed by atoms with Crippen molar-refractivity contribution in [1.82, 2.24) is 0 Å². The molecule has 1 aliphatic rings. The van der Waals surface area contributed by atoms with Crippen molar-refractivity contribution in [3.8, 4) is 0 Å². The minimum Gasteiger partial charge on any atom is -0.481 e. The van der Waals surface area contributed by atoms with Crippen molar-refractivity contribution in [1.29, 1.82) is 0 Å². The van der Waals surface area contributed by atoms with Gasteiger partial charge in [0.15, 0.2) is 0 Å². The second-order valence-electron chi connectivity index (χ2n) is 5.36. The van der Waals surface area contributed by atoms with Gasteiger partial charge in [-0.25, -0.2) is 0 Å². The number of piperidine rings is 1. The van der Waals surface area contributed by atoms with E-state index in [0.29, 0.717) is 0 Å². The molecule has 1 aromatic carbocycles. The van der Waals surface area contributed by atoms with Crippen molar-refractivity contribution in [3.63, 3.8) is 0 Å². The predicted octanol–water partition coefficient (Wildman–Crippen LogP) is 3.28. The second kappa shape index (κ2) is 6.80. The van der Waals surface area contributed by atoms with E-state index in [2.05, 4.69) is 24.8 Å². The summed E-state index contributed by atoms with van der Waals surface area (Å²) in [5.41, 5.74) is 3.33. The van der Waals surface area contributed by atoms with Crippen LogP contribution in [0, 0.1) is 12.8 Å². The van der Waals surface area contributed by atoms with Gasteiger partial charge in [0.25, 0.3) is 0 Å². The number of carbonyl (C=O) groups is 1. The van der Waals surface area contributed by atoms with Gasteiger partial charge in [-0.1, -0.05) is 19.1 Å². The molecule has 0 aliphatic carbocycles. The molecule has 3 nitrogen and oxygen atoms in total. The van der Waals surface area contributed by atoms with E-state index >= 15 is 0 Å². The third kappa shape index (κ3) is 4.13. The Balaban J connectivity index is 0.00000180. The summed E-state index contributed by atoms with van der Waals surface area (Å²) < 4.78 is 0. The molecule has 1 N–H and O–H groups in total. The molecule has 0 radical (unpaired) electrons. The maximum Gasteiger partial charge on any atom is 0.307 e. The summed E-state index contributed by atoms with van der Waals surface area (Å²) in [5, 5.41) is 8.79. The topological polar surface area (TPSA) is 40.5 Å². The highest BCUT2D eigenvalue weighted by atomic mass is 35.5. The van der Waals surface area contributed by atoms with Crippen LogP contribution in [0.1, 0.15) is 30.9 Å². The summed E-state index contributed by atoms with van der Waals surface area (Å²) in [6, 6.07) is 6.01. The first-order valence-electron chi connectivity index (χ1n) is 6.62. The molecule has 19 heavy (non-hydrogen) atoms. The molecule has 1 fully saturated rings. The molecular formula is C15H22ClNO2. The molecule has 1 heterocycles. The van der Waals surface area contributed by atoms with E-state index in [9.17, 15) is 4.79 Å². The zero-order valence-electron chi connectivity index (χ0n) is 11.6. The van der Waals surface area contributed by atoms with Gasteiger partial charge in [0.05, 0.1) is 6.42 Å². The van der Waals surface area contributed by atoms with Crippen molar-refractivity contribution in [2.24, 2.45) is 5.92 Å². The number of anilines is 1. The van der Waals surface area contributed by atoms with Crippen LogP contribution >= 0.6 is 12.4 Å². The smallest absolute Gasteiger partial charge is 0.307 e. The number of halogens is 1. The van der Waals surface area contributed by atoms with Crippen molar-refractivity contribution < 1.29 is 9.90 Å². The maximum absolute atomic E-state index is 10.7. The number of aryl methyl sites for hydroxylation is 1. The number of benzene rings is 1. The Morgan fingerprint density at radius 1 is 1.37 bits per heavy atom. The van der Waals surface area contributed by atoms with Crippen LogP contribution in [0.25, 0.3) is 0 Å². The molecule has 4 heteroatoms. The first kappa shape index (κ1) is 15.8. The molecule has 0 unspecified atom stereocenters. The number of aliphatic carboxylic acids is 1. The van der Waals surface area contributed by atoms with Crippen LogP contribution in [0.15, 0.2) is 18.2 Å². The first-order chi connectivity index (χ1) is 8.56. The van der Waals surface area contributed by atoms with Gasteiger partial charge in [-0.2, -0.15) is 0 Å². The zero-order valence-corrected chi connectivity index (χ0v) is 12.4. The van der Waals surface area contributed by atoms with Gasteiger partial charge in [0.1, 0.15) is 0 Å². The normalized spacial score (nSPS) is 16.0. The molecule has 0 saturated carbocycles. The Morgan fingerprint density at radius 2 is 2.00 bits per heavy atom. The van der Waals surface area contributed by atoms with Crippen LogP contribution in [-0.4, -0.2) is 24.2 Å². The van der Waals surface area contributed by atoms with Gasteiger partial charge in [-0.05, 0) is 42.9 Å². The third-order valence-electron chi connectivity index (χ3n) is 3.74. The molecule has 0 spiro atoms. The number of rotatable bonds is 3. The van der Waals surface area contributed by atoms with Gasteiger partial charge in [-0.3, -0.25) is 4.79 Å². The van der Waals surface area contributed by atoms with Gasteiger partial charge in [-0.15, -0.1) is 12.4 Å². The Hall–Kier alpha value is -1.22. The van der Waals surface area contributed by atoms with E-state index in [4.69, 9.17) is 5.11 Å². The highest BCUT2D eigenvalue weighted by Crippen LogP contribution is 2.26. The highest BCUT2D eigenvalue weighted by molar-refractivity contribution is 5.85. The lowest BCUT2D eigenvalue weighted by atomic mass is 9.97. The molecule has 0 bridgehead atoms. The average molecular weight is 284 g/mol. The second-order valence-corrected chi connectivity index (χ2v) is 5.36. The van der Waals surface area contributed by atoms with E-state index < -0.39 is 5.97 Å². The number of hydrogen-bond donors (Lipinski definition) is 1. The number of hydrogen-bond acceptors (Lipinski definition) is 2. The van der Waals surface area contributed by atoms with Gasteiger partial charge in [0, 0.05) is 18.8 Å². The van der Waals surface area contributed by atoms with E-state index in [1.807, 2.05) is 12.1 Å². The Morgan fingerprint density at radius 3 is 2.53 bits per heavy atom. The quantitative estimate of drug-likeness (QED) is 0.925. The fourth-order valence-corrected chi connectivity index (χ4v) is 2.61. The fraction of sp³-hybridized carbons (Fsp3) is 0.533.